The zero-order valence-corrected chi connectivity index (χ0v) is 18.0. The molecule has 3 heterocycles. The lowest BCUT2D eigenvalue weighted by atomic mass is 10.1. The number of nitrogen functional groups attached to an aromatic ring is 1. The van der Waals surface area contributed by atoms with E-state index in [-0.39, 0.29) is 23.4 Å². The molecule has 0 bridgehead atoms. The molecule has 16 heteroatoms. The lowest BCUT2D eigenvalue weighted by molar-refractivity contribution is -0.120. The number of aliphatic hydroxyl groups is 2. The molecular formula is C15H23N7O7S2. The van der Waals surface area contributed by atoms with E-state index < -0.39 is 53.4 Å². The molecule has 1 fully saturated rings. The Morgan fingerprint density at radius 1 is 1.39 bits per heavy atom. The molecule has 0 radical (unpaired) electrons. The number of rotatable bonds is 9. The van der Waals surface area contributed by atoms with Crippen molar-refractivity contribution in [1.29, 1.82) is 0 Å². The summed E-state index contributed by atoms with van der Waals surface area (Å²) in [5.41, 5.74) is 11.9. The summed E-state index contributed by atoms with van der Waals surface area (Å²) < 4.78 is 37.4. The number of ether oxygens (including phenoxy) is 1. The fourth-order valence-electron chi connectivity index (χ4n) is 2.91. The number of hydrogen-bond acceptors (Lipinski definition) is 13. The minimum Gasteiger partial charge on any atom is -0.387 e. The number of aliphatic hydroxyl groups excluding tert-OH is 2. The highest BCUT2D eigenvalue weighted by Gasteiger charge is 2.45. The molecule has 14 nitrogen and oxygen atoms in total. The molecule has 2 aromatic rings. The van der Waals surface area contributed by atoms with Crippen molar-refractivity contribution in [3.63, 3.8) is 0 Å². The van der Waals surface area contributed by atoms with E-state index in [1.807, 2.05) is 6.26 Å². The van der Waals surface area contributed by atoms with Crippen molar-refractivity contribution in [2.75, 3.05) is 24.3 Å². The van der Waals surface area contributed by atoms with Crippen molar-refractivity contribution in [2.45, 2.75) is 37.0 Å². The van der Waals surface area contributed by atoms with Crippen LogP contribution in [0.25, 0.3) is 11.2 Å². The van der Waals surface area contributed by atoms with E-state index in [0.29, 0.717) is 5.75 Å². The van der Waals surface area contributed by atoms with Gasteiger partial charge < -0.3 is 26.4 Å². The molecule has 1 aliphatic heterocycles. The van der Waals surface area contributed by atoms with Gasteiger partial charge in [0.25, 0.3) is 5.91 Å². The quantitative estimate of drug-likeness (QED) is 0.252. The van der Waals surface area contributed by atoms with Gasteiger partial charge >= 0.3 is 10.3 Å². The second kappa shape index (κ2) is 9.60. The van der Waals surface area contributed by atoms with Crippen LogP contribution in [0.1, 0.15) is 12.6 Å². The molecule has 172 valence electrons. The number of imidazole rings is 1. The maximum Gasteiger partial charge on any atom is 0.362 e. The van der Waals surface area contributed by atoms with Crippen molar-refractivity contribution in [3.8, 4) is 0 Å². The Kier molecular flexibility index (Phi) is 7.30. The van der Waals surface area contributed by atoms with Crippen LogP contribution in [0, 0.1) is 0 Å². The van der Waals surface area contributed by atoms with E-state index >= 15 is 0 Å². The maximum absolute atomic E-state index is 12.0. The Hall–Kier alpha value is -2.08. The number of hydrogen-bond donors (Lipinski definition) is 5. The number of anilines is 1. The third-order valence-electron chi connectivity index (χ3n) is 4.58. The summed E-state index contributed by atoms with van der Waals surface area (Å²) in [7, 11) is -4.51. The third-order valence-corrected chi connectivity index (χ3v) is 6.12. The summed E-state index contributed by atoms with van der Waals surface area (Å²) in [6, 6.07) is -1.02. The lowest BCUT2D eigenvalue weighted by Crippen LogP contribution is -2.45. The van der Waals surface area contributed by atoms with Crippen LogP contribution in [0.4, 0.5) is 5.82 Å². The van der Waals surface area contributed by atoms with Crippen LogP contribution in [0.3, 0.4) is 0 Å². The molecule has 0 spiro atoms. The van der Waals surface area contributed by atoms with Gasteiger partial charge in [-0.05, 0) is 18.4 Å². The first-order chi connectivity index (χ1) is 14.6. The normalized spacial score (nSPS) is 25.0. The molecule has 1 aliphatic rings. The molecule has 1 unspecified atom stereocenters. The monoisotopic (exact) mass is 477 g/mol. The van der Waals surface area contributed by atoms with E-state index in [1.165, 1.54) is 29.0 Å². The van der Waals surface area contributed by atoms with Crippen molar-refractivity contribution in [1.82, 2.24) is 24.2 Å². The second-order valence-corrected chi connectivity index (χ2v) is 9.06. The van der Waals surface area contributed by atoms with Crippen molar-refractivity contribution in [2.24, 2.45) is 5.73 Å². The maximum atomic E-state index is 12.0. The number of carbonyl (C=O) groups excluding carboxylic acids is 1. The van der Waals surface area contributed by atoms with Gasteiger partial charge in [0.05, 0.1) is 19.0 Å². The van der Waals surface area contributed by atoms with Gasteiger partial charge in [0.2, 0.25) is 0 Å². The van der Waals surface area contributed by atoms with Gasteiger partial charge in [-0.1, -0.05) is 0 Å². The summed E-state index contributed by atoms with van der Waals surface area (Å²) in [4.78, 5) is 23.8. The van der Waals surface area contributed by atoms with E-state index in [2.05, 4.69) is 15.0 Å². The van der Waals surface area contributed by atoms with Crippen LogP contribution in [0.2, 0.25) is 0 Å². The minimum absolute atomic E-state index is 0.120. The first-order valence-corrected chi connectivity index (χ1v) is 11.8. The van der Waals surface area contributed by atoms with Gasteiger partial charge in [0.1, 0.15) is 30.2 Å². The first-order valence-electron chi connectivity index (χ1n) is 9.04. The Morgan fingerprint density at radius 3 is 2.84 bits per heavy atom. The van der Waals surface area contributed by atoms with Crippen LogP contribution >= 0.6 is 11.8 Å². The Labute approximate surface area is 181 Å². The zero-order valence-electron chi connectivity index (χ0n) is 16.4. The molecule has 7 N–H and O–H groups in total. The van der Waals surface area contributed by atoms with E-state index in [9.17, 15) is 23.4 Å². The highest BCUT2D eigenvalue weighted by molar-refractivity contribution is 7.98. The standard InChI is InChI=1S/C15H23N7O7S2/c1-30-3-2-7(16)14(25)21-31(26,27)28-4-8-10(23)11(24)15(29-8)22-6-20-9-12(17)18-5-19-13(9)22/h5-8,10-11,15,23-24H,2-4,16H2,1H3,(H,21,25)(H2,17,18,19)/t7-,8+,10?,11-,15+/m0/s1. The fourth-order valence-corrected chi connectivity index (χ4v) is 4.17. The van der Waals surface area contributed by atoms with Crippen molar-refractivity contribution >= 4 is 45.0 Å². The first kappa shape index (κ1) is 23.6. The lowest BCUT2D eigenvalue weighted by Gasteiger charge is -2.16. The summed E-state index contributed by atoms with van der Waals surface area (Å²) >= 11 is 1.46. The molecule has 0 saturated carbocycles. The number of nitrogens with zero attached hydrogens (tertiary/aromatic N) is 4. The second-order valence-electron chi connectivity index (χ2n) is 6.72. The van der Waals surface area contributed by atoms with E-state index in [4.69, 9.17) is 20.4 Å². The smallest absolute Gasteiger partial charge is 0.362 e. The molecule has 2 aromatic heterocycles. The molecule has 3 rings (SSSR count). The molecule has 0 aromatic carbocycles. The molecule has 5 atom stereocenters. The Morgan fingerprint density at radius 2 is 2.13 bits per heavy atom. The van der Waals surface area contributed by atoms with Crippen molar-refractivity contribution < 1.29 is 32.3 Å². The summed E-state index contributed by atoms with van der Waals surface area (Å²) in [6.45, 7) is -0.666. The number of nitrogens with one attached hydrogen (secondary N) is 1. The third kappa shape index (κ3) is 5.22. The number of amides is 1. The van der Waals surface area contributed by atoms with Gasteiger partial charge in [0, 0.05) is 0 Å². The van der Waals surface area contributed by atoms with Gasteiger partial charge in [-0.15, -0.1) is 0 Å². The predicted octanol–water partition coefficient (Wildman–Crippen LogP) is -2.51. The van der Waals surface area contributed by atoms with E-state index in [0.717, 1.165) is 0 Å². The number of nitrogens with two attached hydrogens (primary N) is 2. The average molecular weight is 478 g/mol. The molecular weight excluding hydrogens is 454 g/mol. The van der Waals surface area contributed by atoms with Crippen LogP contribution in [0.5, 0.6) is 0 Å². The Bertz CT molecular complexity index is 1030. The average Bonchev–Trinajstić information content (AvgIpc) is 3.27. The van der Waals surface area contributed by atoms with Gasteiger partial charge in [-0.3, -0.25) is 13.5 Å². The molecule has 31 heavy (non-hydrogen) atoms. The number of carbonyl (C=O) groups is 1. The Balaban J connectivity index is 1.64. The largest absolute Gasteiger partial charge is 0.387 e. The van der Waals surface area contributed by atoms with Gasteiger partial charge in [-0.25, -0.2) is 19.7 Å². The highest BCUT2D eigenvalue weighted by Crippen LogP contribution is 2.32. The minimum atomic E-state index is -4.51. The summed E-state index contributed by atoms with van der Waals surface area (Å²) in [5, 5.41) is 20.6. The van der Waals surface area contributed by atoms with Gasteiger partial charge in [-0.2, -0.15) is 20.2 Å². The molecule has 0 aliphatic carbocycles. The highest BCUT2D eigenvalue weighted by atomic mass is 32.2. The van der Waals surface area contributed by atoms with Gasteiger partial charge in [0.15, 0.2) is 17.7 Å². The number of thioether (sulfide) groups is 1. The predicted molar refractivity (Wildman–Crippen MR) is 110 cm³/mol. The zero-order chi connectivity index (χ0) is 22.8. The van der Waals surface area contributed by atoms with Crippen LogP contribution in [0.15, 0.2) is 12.7 Å². The fraction of sp³-hybridized carbons (Fsp3) is 0.600. The summed E-state index contributed by atoms with van der Waals surface area (Å²) in [6.07, 6.45) is -0.689. The van der Waals surface area contributed by atoms with Crippen LogP contribution in [-0.4, -0.2) is 87.0 Å². The number of fused-ring (bicyclic) bond motifs is 1. The summed E-state index contributed by atoms with van der Waals surface area (Å²) in [5.74, 6) is -0.215. The van der Waals surface area contributed by atoms with Crippen LogP contribution in [-0.2, 0) is 24.0 Å². The van der Waals surface area contributed by atoms with Crippen LogP contribution < -0.4 is 16.2 Å². The van der Waals surface area contributed by atoms with E-state index in [1.54, 1.807) is 4.72 Å². The number of aromatic nitrogens is 4. The topological polar surface area (TPSA) is 218 Å². The van der Waals surface area contributed by atoms with Crippen molar-refractivity contribution in [3.05, 3.63) is 12.7 Å². The SMILES string of the molecule is CSCC[C@H](N)C(=O)NS(=O)(=O)OC[C@H]1O[C@@H](n2cnc3c(N)ncnc32)[C@@H](O)C1O. The molecule has 1 saturated heterocycles. The molecule has 1 amide bonds.